The minimum Gasteiger partial charge on any atom is -0.360 e. The van der Waals surface area contributed by atoms with Crippen LogP contribution >= 0.6 is 0 Å². The van der Waals surface area contributed by atoms with Crippen molar-refractivity contribution >= 4 is 15.8 Å². The predicted molar refractivity (Wildman–Crippen MR) is 104 cm³/mol. The maximum absolute atomic E-state index is 13.0. The van der Waals surface area contributed by atoms with Crippen molar-refractivity contribution in [3.63, 3.8) is 0 Å². The molecule has 0 aliphatic carbocycles. The lowest BCUT2D eigenvalue weighted by Crippen LogP contribution is -2.49. The Kier molecular flexibility index (Phi) is 4.86. The summed E-state index contributed by atoms with van der Waals surface area (Å²) in [6, 6.07) is 11.8. The van der Waals surface area contributed by atoms with E-state index in [1.807, 2.05) is 36.4 Å². The molecule has 146 valence electrons. The van der Waals surface area contributed by atoms with Gasteiger partial charge in [-0.1, -0.05) is 35.5 Å². The summed E-state index contributed by atoms with van der Waals surface area (Å²) < 4.78 is 32.4. The summed E-state index contributed by atoms with van der Waals surface area (Å²) in [6.45, 7) is 5.11. The van der Waals surface area contributed by atoms with Crippen molar-refractivity contribution < 1.29 is 12.9 Å². The Labute approximate surface area is 163 Å². The number of aryl methyl sites for hydroxylation is 2. The first-order chi connectivity index (χ1) is 13.5. The van der Waals surface area contributed by atoms with Crippen molar-refractivity contribution in [3.05, 3.63) is 54.2 Å². The van der Waals surface area contributed by atoms with Gasteiger partial charge in [0.25, 0.3) is 0 Å². The van der Waals surface area contributed by atoms with Crippen molar-refractivity contribution in [2.24, 2.45) is 0 Å². The SMILES string of the molecule is Cc1noc(C)c1S(=O)(=O)N1CCN(c2cc(-c3ccccc3)ncn2)CC1. The van der Waals surface area contributed by atoms with Crippen LogP contribution in [0.4, 0.5) is 5.82 Å². The molecule has 1 fully saturated rings. The van der Waals surface area contributed by atoms with Crippen molar-refractivity contribution in [2.45, 2.75) is 18.7 Å². The molecule has 9 heteroatoms. The number of piperazine rings is 1. The lowest BCUT2D eigenvalue weighted by molar-refractivity contribution is 0.378. The quantitative estimate of drug-likeness (QED) is 0.664. The summed E-state index contributed by atoms with van der Waals surface area (Å²) in [7, 11) is -3.62. The highest BCUT2D eigenvalue weighted by atomic mass is 32.2. The molecule has 2 aromatic heterocycles. The summed E-state index contributed by atoms with van der Waals surface area (Å²) in [5, 5.41) is 3.77. The zero-order valence-corrected chi connectivity index (χ0v) is 16.6. The molecule has 0 amide bonds. The van der Waals surface area contributed by atoms with Gasteiger partial charge in [-0.05, 0) is 13.8 Å². The normalized spacial score (nSPS) is 15.7. The van der Waals surface area contributed by atoms with E-state index in [-0.39, 0.29) is 4.90 Å². The van der Waals surface area contributed by atoms with Gasteiger partial charge in [-0.25, -0.2) is 18.4 Å². The van der Waals surface area contributed by atoms with Crippen LogP contribution < -0.4 is 4.90 Å². The Morgan fingerprint density at radius 3 is 2.36 bits per heavy atom. The summed E-state index contributed by atoms with van der Waals surface area (Å²) in [6.07, 6.45) is 1.55. The number of sulfonamides is 1. The van der Waals surface area contributed by atoms with Crippen LogP contribution in [0.5, 0.6) is 0 Å². The molecule has 0 saturated carbocycles. The molecule has 0 atom stereocenters. The van der Waals surface area contributed by atoms with Crippen LogP contribution in [0.25, 0.3) is 11.3 Å². The van der Waals surface area contributed by atoms with E-state index in [4.69, 9.17) is 4.52 Å². The second-order valence-corrected chi connectivity index (χ2v) is 8.55. The fraction of sp³-hybridized carbons (Fsp3) is 0.316. The Balaban J connectivity index is 1.51. The molecule has 0 N–H and O–H groups in total. The van der Waals surface area contributed by atoms with Crippen LogP contribution in [0.1, 0.15) is 11.5 Å². The van der Waals surface area contributed by atoms with Crippen LogP contribution in [0.2, 0.25) is 0 Å². The molecule has 0 spiro atoms. The molecule has 0 bridgehead atoms. The highest BCUT2D eigenvalue weighted by molar-refractivity contribution is 7.89. The van der Waals surface area contributed by atoms with Crippen LogP contribution in [-0.4, -0.2) is 54.0 Å². The molecular formula is C19H21N5O3S. The van der Waals surface area contributed by atoms with Gasteiger partial charge in [0.15, 0.2) is 5.76 Å². The lowest BCUT2D eigenvalue weighted by atomic mass is 10.1. The first-order valence-electron chi connectivity index (χ1n) is 9.02. The second-order valence-electron chi connectivity index (χ2n) is 6.67. The smallest absolute Gasteiger partial charge is 0.248 e. The molecule has 1 aliphatic rings. The fourth-order valence-electron chi connectivity index (χ4n) is 3.42. The van der Waals surface area contributed by atoms with Crippen LogP contribution in [-0.2, 0) is 10.0 Å². The number of hydrogen-bond acceptors (Lipinski definition) is 7. The fourth-order valence-corrected chi connectivity index (χ4v) is 5.13. The Bertz CT molecular complexity index is 1050. The summed E-state index contributed by atoms with van der Waals surface area (Å²) >= 11 is 0. The maximum atomic E-state index is 13.0. The second kappa shape index (κ2) is 7.33. The molecule has 3 heterocycles. The van der Waals surface area contributed by atoms with Crippen molar-refractivity contribution in [1.29, 1.82) is 0 Å². The van der Waals surface area contributed by atoms with Gasteiger partial charge >= 0.3 is 0 Å². The monoisotopic (exact) mass is 399 g/mol. The average Bonchev–Trinajstić information content (AvgIpc) is 3.08. The number of anilines is 1. The third kappa shape index (κ3) is 3.38. The molecule has 8 nitrogen and oxygen atoms in total. The Morgan fingerprint density at radius 1 is 1.00 bits per heavy atom. The Hall–Kier alpha value is -2.78. The van der Waals surface area contributed by atoms with Gasteiger partial charge in [-0.15, -0.1) is 0 Å². The highest BCUT2D eigenvalue weighted by Crippen LogP contribution is 2.26. The molecule has 1 aromatic carbocycles. The minimum atomic E-state index is -3.62. The van der Waals surface area contributed by atoms with Crippen molar-refractivity contribution in [3.8, 4) is 11.3 Å². The van der Waals surface area contributed by atoms with Gasteiger partial charge in [0.1, 0.15) is 22.7 Å². The average molecular weight is 399 g/mol. The van der Waals surface area contributed by atoms with Crippen molar-refractivity contribution in [2.75, 3.05) is 31.1 Å². The number of rotatable bonds is 4. The van der Waals surface area contributed by atoms with Gasteiger partial charge in [0.2, 0.25) is 10.0 Å². The molecule has 28 heavy (non-hydrogen) atoms. The maximum Gasteiger partial charge on any atom is 0.248 e. The van der Waals surface area contributed by atoms with E-state index < -0.39 is 10.0 Å². The van der Waals surface area contributed by atoms with E-state index in [9.17, 15) is 8.42 Å². The van der Waals surface area contributed by atoms with E-state index in [0.29, 0.717) is 37.6 Å². The van der Waals surface area contributed by atoms with Gasteiger partial charge in [-0.3, -0.25) is 0 Å². The topological polar surface area (TPSA) is 92.4 Å². The summed E-state index contributed by atoms with van der Waals surface area (Å²) in [4.78, 5) is 11.0. The molecule has 0 unspecified atom stereocenters. The number of hydrogen-bond donors (Lipinski definition) is 0. The molecule has 4 rings (SSSR count). The van der Waals surface area contributed by atoms with Crippen LogP contribution in [0.3, 0.4) is 0 Å². The first-order valence-corrected chi connectivity index (χ1v) is 10.5. The zero-order chi connectivity index (χ0) is 19.7. The number of aromatic nitrogens is 3. The van der Waals surface area contributed by atoms with Gasteiger partial charge in [-0.2, -0.15) is 4.31 Å². The summed E-state index contributed by atoms with van der Waals surface area (Å²) in [5.41, 5.74) is 2.25. The number of benzene rings is 1. The van der Waals surface area contributed by atoms with E-state index in [1.165, 1.54) is 4.31 Å². The Morgan fingerprint density at radius 2 is 1.71 bits per heavy atom. The largest absolute Gasteiger partial charge is 0.360 e. The van der Waals surface area contributed by atoms with E-state index in [2.05, 4.69) is 20.0 Å². The van der Waals surface area contributed by atoms with Crippen LogP contribution in [0.15, 0.2) is 52.1 Å². The first kappa shape index (κ1) is 18.6. The molecule has 3 aromatic rings. The van der Waals surface area contributed by atoms with Gasteiger partial charge in [0, 0.05) is 37.8 Å². The third-order valence-electron chi connectivity index (χ3n) is 4.85. The lowest BCUT2D eigenvalue weighted by Gasteiger charge is -2.34. The van der Waals surface area contributed by atoms with Gasteiger partial charge < -0.3 is 9.42 Å². The third-order valence-corrected chi connectivity index (χ3v) is 6.99. The molecule has 1 saturated heterocycles. The standard InChI is InChI=1S/C19H21N5O3S/c1-14-19(15(2)27-22-14)28(25,26)24-10-8-23(9-11-24)18-12-17(20-13-21-18)16-6-4-3-5-7-16/h3-7,12-13H,8-11H2,1-2H3. The van der Waals surface area contributed by atoms with E-state index >= 15 is 0 Å². The summed E-state index contributed by atoms with van der Waals surface area (Å²) in [5.74, 6) is 1.12. The molecule has 0 radical (unpaired) electrons. The van der Waals surface area contributed by atoms with Crippen LogP contribution in [0, 0.1) is 13.8 Å². The highest BCUT2D eigenvalue weighted by Gasteiger charge is 2.33. The van der Waals surface area contributed by atoms with E-state index in [1.54, 1.807) is 20.2 Å². The van der Waals surface area contributed by atoms with Gasteiger partial charge in [0.05, 0.1) is 5.69 Å². The number of nitrogens with zero attached hydrogens (tertiary/aromatic N) is 5. The van der Waals surface area contributed by atoms with E-state index in [0.717, 1.165) is 17.1 Å². The molecule has 1 aliphatic heterocycles. The molecular weight excluding hydrogens is 378 g/mol. The predicted octanol–water partition coefficient (Wildman–Crippen LogP) is 2.26. The minimum absolute atomic E-state index is 0.175. The van der Waals surface area contributed by atoms with Crippen molar-refractivity contribution in [1.82, 2.24) is 19.4 Å². The zero-order valence-electron chi connectivity index (χ0n) is 15.7.